The average Bonchev–Trinajstić information content (AvgIpc) is 3.01. The average molecular weight is 389 g/mol. The van der Waals surface area contributed by atoms with Crippen LogP contribution < -0.4 is 10.6 Å². The number of amides is 2. The molecule has 2 amide bonds. The summed E-state index contributed by atoms with van der Waals surface area (Å²) in [6.07, 6.45) is 0.0848. The quantitative estimate of drug-likeness (QED) is 0.737. The Balaban J connectivity index is 1.91. The van der Waals surface area contributed by atoms with Crippen LogP contribution in [0.3, 0.4) is 0 Å². The number of carbonyl (C=O) groups excluding carboxylic acids is 3. The molecule has 27 heavy (non-hydrogen) atoms. The van der Waals surface area contributed by atoms with Gasteiger partial charge in [0.2, 0.25) is 11.8 Å². The van der Waals surface area contributed by atoms with E-state index >= 15 is 0 Å². The molecule has 0 aliphatic heterocycles. The van der Waals surface area contributed by atoms with Gasteiger partial charge in [-0.1, -0.05) is 20.8 Å². The summed E-state index contributed by atoms with van der Waals surface area (Å²) in [7, 11) is 0. The lowest BCUT2D eigenvalue weighted by atomic mass is 9.96. The minimum Gasteiger partial charge on any atom is -0.462 e. The van der Waals surface area contributed by atoms with E-state index in [0.29, 0.717) is 28.7 Å². The fraction of sp³-hybridized carbons (Fsp3) is 0.368. The molecule has 2 rings (SSSR count). The van der Waals surface area contributed by atoms with Crippen molar-refractivity contribution in [2.75, 3.05) is 17.2 Å². The standard InChI is InChI=1S/C19H23N3O4S/c1-5-26-16(24)12-6-8-13(9-7-12)20-15(23)10-14-11-27-18(21-14)22-17(25)19(2,3)4/h6-9,11H,5,10H2,1-4H3,(H,20,23)(H,21,22,25). The number of thiazole rings is 1. The van der Waals surface area contributed by atoms with Crippen molar-refractivity contribution >= 4 is 39.9 Å². The number of nitrogens with zero attached hydrogens (tertiary/aromatic N) is 1. The monoisotopic (exact) mass is 389 g/mol. The molecule has 1 heterocycles. The van der Waals surface area contributed by atoms with Crippen LogP contribution in [0, 0.1) is 5.41 Å². The Labute approximate surface area is 162 Å². The molecular formula is C19H23N3O4S. The highest BCUT2D eigenvalue weighted by atomic mass is 32.1. The SMILES string of the molecule is CCOC(=O)c1ccc(NC(=O)Cc2csc(NC(=O)C(C)(C)C)n2)cc1. The van der Waals surface area contributed by atoms with Gasteiger partial charge in [0, 0.05) is 16.5 Å². The summed E-state index contributed by atoms with van der Waals surface area (Å²) >= 11 is 1.28. The number of hydrogen-bond donors (Lipinski definition) is 2. The van der Waals surface area contributed by atoms with Crippen LogP contribution in [-0.2, 0) is 20.7 Å². The van der Waals surface area contributed by atoms with Gasteiger partial charge in [-0.05, 0) is 31.2 Å². The maximum atomic E-state index is 12.2. The third-order valence-electron chi connectivity index (χ3n) is 3.47. The zero-order valence-corrected chi connectivity index (χ0v) is 16.6. The van der Waals surface area contributed by atoms with Gasteiger partial charge in [-0.3, -0.25) is 9.59 Å². The van der Waals surface area contributed by atoms with Crippen LogP contribution in [0.5, 0.6) is 0 Å². The Morgan fingerprint density at radius 3 is 2.37 bits per heavy atom. The van der Waals surface area contributed by atoms with Crippen molar-refractivity contribution in [3.63, 3.8) is 0 Å². The van der Waals surface area contributed by atoms with Crippen LogP contribution in [0.15, 0.2) is 29.6 Å². The molecule has 0 atom stereocenters. The van der Waals surface area contributed by atoms with E-state index in [4.69, 9.17) is 4.74 Å². The van der Waals surface area contributed by atoms with Gasteiger partial charge < -0.3 is 15.4 Å². The van der Waals surface area contributed by atoms with E-state index in [0.717, 1.165) is 0 Å². The van der Waals surface area contributed by atoms with Crippen molar-refractivity contribution in [1.29, 1.82) is 0 Å². The first kappa shape index (κ1) is 20.6. The van der Waals surface area contributed by atoms with Gasteiger partial charge in [0.15, 0.2) is 5.13 Å². The zero-order valence-electron chi connectivity index (χ0n) is 15.8. The van der Waals surface area contributed by atoms with Crippen molar-refractivity contribution < 1.29 is 19.1 Å². The number of rotatable bonds is 6. The highest BCUT2D eigenvalue weighted by Gasteiger charge is 2.22. The molecule has 0 bridgehead atoms. The molecule has 0 radical (unpaired) electrons. The molecule has 0 aliphatic carbocycles. The van der Waals surface area contributed by atoms with E-state index in [-0.39, 0.29) is 18.2 Å². The molecule has 144 valence electrons. The number of esters is 1. The Kier molecular flexibility index (Phi) is 6.68. The van der Waals surface area contributed by atoms with E-state index in [9.17, 15) is 14.4 Å². The van der Waals surface area contributed by atoms with Crippen molar-refractivity contribution in [2.45, 2.75) is 34.1 Å². The molecule has 0 saturated carbocycles. The normalized spacial score (nSPS) is 11.0. The van der Waals surface area contributed by atoms with Gasteiger partial charge in [-0.15, -0.1) is 11.3 Å². The van der Waals surface area contributed by atoms with Crippen LogP contribution in [-0.4, -0.2) is 29.4 Å². The Morgan fingerprint density at radius 2 is 1.78 bits per heavy atom. The molecule has 0 saturated heterocycles. The van der Waals surface area contributed by atoms with Crippen LogP contribution in [0.4, 0.5) is 10.8 Å². The molecule has 0 aliphatic rings. The smallest absolute Gasteiger partial charge is 0.338 e. The Hall–Kier alpha value is -2.74. The van der Waals surface area contributed by atoms with Gasteiger partial charge in [-0.25, -0.2) is 9.78 Å². The molecule has 8 heteroatoms. The molecule has 0 spiro atoms. The maximum Gasteiger partial charge on any atom is 0.338 e. The molecule has 0 unspecified atom stereocenters. The minimum absolute atomic E-state index is 0.0848. The predicted octanol–water partition coefficient (Wildman–Crippen LogP) is 3.49. The Morgan fingerprint density at radius 1 is 1.11 bits per heavy atom. The third kappa shape index (κ3) is 6.18. The number of nitrogens with one attached hydrogen (secondary N) is 2. The number of ether oxygens (including phenoxy) is 1. The van der Waals surface area contributed by atoms with Crippen LogP contribution in [0.25, 0.3) is 0 Å². The first-order chi connectivity index (χ1) is 12.7. The molecule has 1 aromatic carbocycles. The van der Waals surface area contributed by atoms with Crippen LogP contribution >= 0.6 is 11.3 Å². The summed E-state index contributed by atoms with van der Waals surface area (Å²) in [5.41, 5.74) is 1.06. The lowest BCUT2D eigenvalue weighted by Crippen LogP contribution is -2.27. The predicted molar refractivity (Wildman–Crippen MR) is 105 cm³/mol. The topological polar surface area (TPSA) is 97.4 Å². The van der Waals surface area contributed by atoms with Crippen molar-refractivity contribution in [3.8, 4) is 0 Å². The van der Waals surface area contributed by atoms with Gasteiger partial charge in [0.1, 0.15) is 0 Å². The number of hydrogen-bond acceptors (Lipinski definition) is 6. The number of anilines is 2. The summed E-state index contributed by atoms with van der Waals surface area (Å²) in [4.78, 5) is 40.0. The largest absolute Gasteiger partial charge is 0.462 e. The summed E-state index contributed by atoms with van der Waals surface area (Å²) in [5.74, 6) is -0.768. The first-order valence-corrected chi connectivity index (χ1v) is 9.40. The van der Waals surface area contributed by atoms with Gasteiger partial charge in [0.25, 0.3) is 0 Å². The highest BCUT2D eigenvalue weighted by molar-refractivity contribution is 7.13. The van der Waals surface area contributed by atoms with Gasteiger partial charge in [-0.2, -0.15) is 0 Å². The second kappa shape index (κ2) is 8.77. The van der Waals surface area contributed by atoms with Crippen molar-refractivity contribution in [1.82, 2.24) is 4.98 Å². The van der Waals surface area contributed by atoms with Gasteiger partial charge >= 0.3 is 5.97 Å². The van der Waals surface area contributed by atoms with E-state index < -0.39 is 11.4 Å². The molecule has 2 aromatic rings. The van der Waals surface area contributed by atoms with Crippen LogP contribution in [0.1, 0.15) is 43.7 Å². The van der Waals surface area contributed by atoms with E-state index in [2.05, 4.69) is 15.6 Å². The number of aromatic nitrogens is 1. The third-order valence-corrected chi connectivity index (χ3v) is 4.28. The van der Waals surface area contributed by atoms with E-state index in [1.54, 1.807) is 36.6 Å². The van der Waals surface area contributed by atoms with Crippen molar-refractivity contribution in [2.24, 2.45) is 5.41 Å². The molecular weight excluding hydrogens is 366 g/mol. The Bertz CT molecular complexity index is 822. The first-order valence-electron chi connectivity index (χ1n) is 8.52. The number of carbonyl (C=O) groups is 3. The van der Waals surface area contributed by atoms with Gasteiger partial charge in [0.05, 0.1) is 24.3 Å². The summed E-state index contributed by atoms with van der Waals surface area (Å²) in [6, 6.07) is 6.47. The fourth-order valence-corrected chi connectivity index (χ4v) is 2.71. The van der Waals surface area contributed by atoms with Crippen molar-refractivity contribution in [3.05, 3.63) is 40.9 Å². The highest BCUT2D eigenvalue weighted by Crippen LogP contribution is 2.21. The molecule has 0 fully saturated rings. The summed E-state index contributed by atoms with van der Waals surface area (Å²) < 4.78 is 4.92. The van der Waals surface area contributed by atoms with Crippen LogP contribution in [0.2, 0.25) is 0 Å². The molecule has 1 aromatic heterocycles. The van der Waals surface area contributed by atoms with E-state index in [1.807, 2.05) is 20.8 Å². The summed E-state index contributed by atoms with van der Waals surface area (Å²) in [5, 5.41) is 7.70. The van der Waals surface area contributed by atoms with E-state index in [1.165, 1.54) is 11.3 Å². The molecule has 7 nitrogen and oxygen atoms in total. The lowest BCUT2D eigenvalue weighted by molar-refractivity contribution is -0.123. The second-order valence-corrected chi connectivity index (χ2v) is 7.73. The number of benzene rings is 1. The fourth-order valence-electron chi connectivity index (χ4n) is 2.00. The molecule has 2 N–H and O–H groups in total. The second-order valence-electron chi connectivity index (χ2n) is 6.87. The maximum absolute atomic E-state index is 12.2. The zero-order chi connectivity index (χ0) is 20.0. The minimum atomic E-state index is -0.515. The lowest BCUT2D eigenvalue weighted by Gasteiger charge is -2.15. The summed E-state index contributed by atoms with van der Waals surface area (Å²) in [6.45, 7) is 7.50.